The first-order chi connectivity index (χ1) is 14.0. The Balaban J connectivity index is 1.77. The van der Waals surface area contributed by atoms with Crippen molar-refractivity contribution >= 4 is 17.7 Å². The van der Waals surface area contributed by atoms with Crippen molar-refractivity contribution in [2.45, 2.75) is 26.8 Å². The van der Waals surface area contributed by atoms with Crippen LogP contribution in [-0.4, -0.2) is 35.5 Å². The molecule has 0 atom stereocenters. The number of hydrogen-bond donors (Lipinski definition) is 0. The Bertz CT molecular complexity index is 939. The maximum atomic E-state index is 12.7. The number of benzene rings is 2. The smallest absolute Gasteiger partial charge is 0.276 e. The van der Waals surface area contributed by atoms with E-state index in [1.54, 1.807) is 23.1 Å². The summed E-state index contributed by atoms with van der Waals surface area (Å²) in [6.07, 6.45) is 3.61. The molecule has 0 radical (unpaired) electrons. The summed E-state index contributed by atoms with van der Waals surface area (Å²) in [6.45, 7) is 5.96. The number of nitro benzene ring substituents is 1. The van der Waals surface area contributed by atoms with E-state index in [-0.39, 0.29) is 11.6 Å². The number of nitrogens with zero attached hydrogens (tertiary/aromatic N) is 2. The van der Waals surface area contributed by atoms with Gasteiger partial charge in [0.05, 0.1) is 23.7 Å². The summed E-state index contributed by atoms with van der Waals surface area (Å²) < 4.78 is 11.4. The van der Waals surface area contributed by atoms with Gasteiger partial charge in [-0.05, 0) is 55.7 Å². The highest BCUT2D eigenvalue weighted by Gasteiger charge is 2.22. The minimum Gasteiger partial charge on any atom is -0.490 e. The van der Waals surface area contributed by atoms with E-state index >= 15 is 0 Å². The number of fused-ring (bicyclic) bond motifs is 1. The Morgan fingerprint density at radius 2 is 1.79 bits per heavy atom. The van der Waals surface area contributed by atoms with E-state index in [2.05, 4.69) is 0 Å². The molecule has 0 saturated carbocycles. The van der Waals surface area contributed by atoms with Gasteiger partial charge in [-0.1, -0.05) is 12.1 Å². The molecule has 1 aliphatic rings. The van der Waals surface area contributed by atoms with Crippen LogP contribution in [0.5, 0.6) is 11.5 Å². The van der Waals surface area contributed by atoms with Gasteiger partial charge in [0.15, 0.2) is 11.5 Å². The molecule has 0 aromatic heterocycles. The third kappa shape index (κ3) is 4.74. The van der Waals surface area contributed by atoms with Gasteiger partial charge in [-0.15, -0.1) is 0 Å². The second-order valence-corrected chi connectivity index (χ2v) is 6.59. The van der Waals surface area contributed by atoms with Crippen LogP contribution in [0.1, 0.15) is 30.5 Å². The largest absolute Gasteiger partial charge is 0.490 e. The average molecular weight is 396 g/mol. The van der Waals surface area contributed by atoms with E-state index in [0.717, 1.165) is 16.9 Å². The van der Waals surface area contributed by atoms with Gasteiger partial charge in [-0.2, -0.15) is 0 Å². The molecule has 0 spiro atoms. The second-order valence-electron chi connectivity index (χ2n) is 6.59. The van der Waals surface area contributed by atoms with E-state index in [9.17, 15) is 14.9 Å². The van der Waals surface area contributed by atoms with Gasteiger partial charge in [-0.3, -0.25) is 14.9 Å². The summed E-state index contributed by atoms with van der Waals surface area (Å²) in [5.41, 5.74) is 2.55. The molecular weight excluding hydrogens is 372 g/mol. The molecule has 1 aliphatic heterocycles. The van der Waals surface area contributed by atoms with Gasteiger partial charge in [-0.25, -0.2) is 0 Å². The fourth-order valence-electron chi connectivity index (χ4n) is 3.35. The maximum Gasteiger partial charge on any atom is 0.276 e. The first-order valence-electron chi connectivity index (χ1n) is 9.65. The SMILES string of the molecule is CCOc1cc2c(cc1OCC)CN(C(=O)/C=C/c1ccccc1[N+](=O)[O-])CC2. The van der Waals surface area contributed by atoms with Crippen molar-refractivity contribution in [2.24, 2.45) is 0 Å². The molecule has 7 nitrogen and oxygen atoms in total. The Kier molecular flexibility index (Phi) is 6.49. The monoisotopic (exact) mass is 396 g/mol. The number of para-hydroxylation sites is 1. The van der Waals surface area contributed by atoms with Crippen LogP contribution in [0.2, 0.25) is 0 Å². The Hall–Kier alpha value is -3.35. The van der Waals surface area contributed by atoms with E-state index in [4.69, 9.17) is 9.47 Å². The molecule has 0 bridgehead atoms. The fraction of sp³-hybridized carbons (Fsp3) is 0.318. The highest BCUT2D eigenvalue weighted by Crippen LogP contribution is 2.34. The first-order valence-corrected chi connectivity index (χ1v) is 9.65. The zero-order valence-corrected chi connectivity index (χ0v) is 16.6. The van der Waals surface area contributed by atoms with Crippen molar-refractivity contribution in [3.63, 3.8) is 0 Å². The molecule has 2 aromatic carbocycles. The number of rotatable bonds is 7. The fourth-order valence-corrected chi connectivity index (χ4v) is 3.35. The lowest BCUT2D eigenvalue weighted by Gasteiger charge is -2.29. The number of hydrogen-bond acceptors (Lipinski definition) is 5. The normalized spacial score (nSPS) is 13.2. The molecule has 1 heterocycles. The lowest BCUT2D eigenvalue weighted by atomic mass is 9.98. The average Bonchev–Trinajstić information content (AvgIpc) is 2.72. The highest BCUT2D eigenvalue weighted by atomic mass is 16.6. The minimum absolute atomic E-state index is 0.0228. The van der Waals surface area contributed by atoms with Gasteiger partial charge in [0.1, 0.15) is 0 Å². The summed E-state index contributed by atoms with van der Waals surface area (Å²) in [4.78, 5) is 25.0. The molecule has 0 fully saturated rings. The lowest BCUT2D eigenvalue weighted by Crippen LogP contribution is -2.34. The third-order valence-electron chi connectivity index (χ3n) is 4.73. The molecule has 2 aromatic rings. The molecule has 7 heteroatoms. The van der Waals surface area contributed by atoms with Crippen molar-refractivity contribution < 1.29 is 19.2 Å². The van der Waals surface area contributed by atoms with Crippen LogP contribution < -0.4 is 9.47 Å². The van der Waals surface area contributed by atoms with Gasteiger partial charge < -0.3 is 14.4 Å². The van der Waals surface area contributed by atoms with Crippen LogP contribution in [0.4, 0.5) is 5.69 Å². The molecule has 0 N–H and O–H groups in total. The molecule has 152 valence electrons. The second kappa shape index (κ2) is 9.23. The summed E-state index contributed by atoms with van der Waals surface area (Å²) in [6, 6.07) is 10.3. The summed E-state index contributed by atoms with van der Waals surface area (Å²) >= 11 is 0. The maximum absolute atomic E-state index is 12.7. The lowest BCUT2D eigenvalue weighted by molar-refractivity contribution is -0.385. The van der Waals surface area contributed by atoms with Crippen LogP contribution >= 0.6 is 0 Å². The predicted molar refractivity (Wildman–Crippen MR) is 110 cm³/mol. The van der Waals surface area contributed by atoms with E-state index in [1.807, 2.05) is 26.0 Å². The van der Waals surface area contributed by atoms with Crippen molar-refractivity contribution in [1.29, 1.82) is 0 Å². The molecular formula is C22H24N2O5. The Labute approximate surface area is 169 Å². The molecule has 0 aliphatic carbocycles. The molecule has 3 rings (SSSR count). The zero-order valence-electron chi connectivity index (χ0n) is 16.6. The van der Waals surface area contributed by atoms with E-state index < -0.39 is 4.92 Å². The number of nitro groups is 1. The van der Waals surface area contributed by atoms with Crippen molar-refractivity contribution in [1.82, 2.24) is 4.90 Å². The highest BCUT2D eigenvalue weighted by molar-refractivity contribution is 5.92. The van der Waals surface area contributed by atoms with Crippen LogP contribution in [0, 0.1) is 10.1 Å². The van der Waals surface area contributed by atoms with Crippen LogP contribution in [0.25, 0.3) is 6.08 Å². The van der Waals surface area contributed by atoms with Gasteiger partial charge in [0.25, 0.3) is 5.69 Å². The van der Waals surface area contributed by atoms with Gasteiger partial charge in [0.2, 0.25) is 5.91 Å². The molecule has 1 amide bonds. The zero-order chi connectivity index (χ0) is 20.8. The minimum atomic E-state index is -0.452. The summed E-state index contributed by atoms with van der Waals surface area (Å²) in [5, 5.41) is 11.1. The summed E-state index contributed by atoms with van der Waals surface area (Å²) in [7, 11) is 0. The Morgan fingerprint density at radius 3 is 2.45 bits per heavy atom. The summed E-state index contributed by atoms with van der Waals surface area (Å²) in [5.74, 6) is 1.22. The number of carbonyl (C=O) groups is 1. The van der Waals surface area contributed by atoms with Crippen LogP contribution in [0.15, 0.2) is 42.5 Å². The van der Waals surface area contributed by atoms with Gasteiger partial charge in [0, 0.05) is 25.2 Å². The quantitative estimate of drug-likeness (QED) is 0.401. The van der Waals surface area contributed by atoms with E-state index in [1.165, 1.54) is 18.2 Å². The van der Waals surface area contributed by atoms with Crippen molar-refractivity contribution in [3.8, 4) is 11.5 Å². The molecule has 0 saturated heterocycles. The van der Waals surface area contributed by atoms with E-state index in [0.29, 0.717) is 44.0 Å². The number of ether oxygens (including phenoxy) is 2. The van der Waals surface area contributed by atoms with Crippen molar-refractivity contribution in [2.75, 3.05) is 19.8 Å². The molecule has 0 unspecified atom stereocenters. The first kappa shape index (κ1) is 20.4. The Morgan fingerprint density at radius 1 is 1.14 bits per heavy atom. The number of carbonyl (C=O) groups excluding carboxylic acids is 1. The third-order valence-corrected chi connectivity index (χ3v) is 4.73. The van der Waals surface area contributed by atoms with Gasteiger partial charge >= 0.3 is 0 Å². The number of amides is 1. The van der Waals surface area contributed by atoms with Crippen molar-refractivity contribution in [3.05, 3.63) is 69.3 Å². The predicted octanol–water partition coefficient (Wildman–Crippen LogP) is 3.99. The standard InChI is InChI=1S/C22H24N2O5/c1-3-28-20-13-17-11-12-23(15-18(17)14-21(20)29-4-2)22(25)10-9-16-7-5-6-8-19(16)24(26)27/h5-10,13-14H,3-4,11-12,15H2,1-2H3/b10-9+. The van der Waals surface area contributed by atoms with Crippen LogP contribution in [-0.2, 0) is 17.8 Å². The topological polar surface area (TPSA) is 81.9 Å². The van der Waals surface area contributed by atoms with Crippen LogP contribution in [0.3, 0.4) is 0 Å². The molecule has 29 heavy (non-hydrogen) atoms.